The summed E-state index contributed by atoms with van der Waals surface area (Å²) >= 11 is 0. The Balaban J connectivity index is 2.53. The van der Waals surface area contributed by atoms with Gasteiger partial charge in [0.05, 0.1) is 11.1 Å². The number of alkyl halides is 6. The lowest BCUT2D eigenvalue weighted by Gasteiger charge is -2.15. The van der Waals surface area contributed by atoms with Crippen molar-refractivity contribution in [2.45, 2.75) is 18.9 Å². The van der Waals surface area contributed by atoms with Crippen LogP contribution < -0.4 is 5.73 Å². The van der Waals surface area contributed by atoms with E-state index in [9.17, 15) is 26.3 Å². The fourth-order valence-electron chi connectivity index (χ4n) is 2.04. The summed E-state index contributed by atoms with van der Waals surface area (Å²) in [5, 5.41) is 0. The highest BCUT2D eigenvalue weighted by atomic mass is 19.4. The molecule has 0 atom stereocenters. The summed E-state index contributed by atoms with van der Waals surface area (Å²) in [4.78, 5) is 0. The molecular formula is C15H11F6N. The van der Waals surface area contributed by atoms with Crippen LogP contribution in [0.1, 0.15) is 16.7 Å². The molecule has 0 saturated carbocycles. The maximum absolute atomic E-state index is 13.1. The Labute approximate surface area is 122 Å². The lowest BCUT2D eigenvalue weighted by Crippen LogP contribution is -2.09. The third kappa shape index (κ3) is 3.41. The molecule has 1 nitrogen and oxygen atoms in total. The number of hydrogen-bond donors (Lipinski definition) is 1. The number of rotatable bonds is 2. The zero-order chi connectivity index (χ0) is 16.5. The maximum atomic E-state index is 13.1. The molecule has 0 fully saturated rings. The molecule has 0 amide bonds. The van der Waals surface area contributed by atoms with Crippen LogP contribution >= 0.6 is 0 Å². The van der Waals surface area contributed by atoms with Gasteiger partial charge in [0.2, 0.25) is 0 Å². The van der Waals surface area contributed by atoms with E-state index in [-0.39, 0.29) is 17.7 Å². The third-order valence-electron chi connectivity index (χ3n) is 3.15. The van der Waals surface area contributed by atoms with Crippen LogP contribution in [0.3, 0.4) is 0 Å². The standard InChI is InChI=1S/C15H11F6N/c16-14(17,18)11-4-2-10(3-5-11)12-6-1-9(8-22)7-13(12)15(19,20)21/h1-7H,8,22H2. The van der Waals surface area contributed by atoms with Crippen LogP contribution in [-0.2, 0) is 18.9 Å². The van der Waals surface area contributed by atoms with E-state index >= 15 is 0 Å². The summed E-state index contributed by atoms with van der Waals surface area (Å²) in [7, 11) is 0. The van der Waals surface area contributed by atoms with E-state index in [0.717, 1.165) is 30.3 Å². The summed E-state index contributed by atoms with van der Waals surface area (Å²) in [6, 6.07) is 7.10. The quantitative estimate of drug-likeness (QED) is 0.787. The van der Waals surface area contributed by atoms with Crippen LogP contribution in [0.5, 0.6) is 0 Å². The van der Waals surface area contributed by atoms with Crippen LogP contribution in [0.2, 0.25) is 0 Å². The molecular weight excluding hydrogens is 308 g/mol. The van der Waals surface area contributed by atoms with Crippen LogP contribution in [0.25, 0.3) is 11.1 Å². The third-order valence-corrected chi connectivity index (χ3v) is 3.15. The second kappa shape index (κ2) is 5.64. The van der Waals surface area contributed by atoms with Crippen molar-refractivity contribution in [3.8, 4) is 11.1 Å². The lowest BCUT2D eigenvalue weighted by molar-refractivity contribution is -0.138. The van der Waals surface area contributed by atoms with Crippen molar-refractivity contribution in [2.75, 3.05) is 0 Å². The van der Waals surface area contributed by atoms with Gasteiger partial charge in [-0.05, 0) is 34.9 Å². The molecule has 0 spiro atoms. The van der Waals surface area contributed by atoms with Gasteiger partial charge >= 0.3 is 12.4 Å². The molecule has 2 aromatic rings. The topological polar surface area (TPSA) is 26.0 Å². The van der Waals surface area contributed by atoms with Gasteiger partial charge in [0, 0.05) is 6.54 Å². The van der Waals surface area contributed by atoms with Gasteiger partial charge < -0.3 is 5.73 Å². The second-order valence-electron chi connectivity index (χ2n) is 4.66. The van der Waals surface area contributed by atoms with Gasteiger partial charge in [-0.25, -0.2) is 0 Å². The minimum Gasteiger partial charge on any atom is -0.326 e. The molecule has 0 radical (unpaired) electrons. The van der Waals surface area contributed by atoms with Crippen molar-refractivity contribution in [3.63, 3.8) is 0 Å². The fourth-order valence-corrected chi connectivity index (χ4v) is 2.04. The molecule has 7 heteroatoms. The Bertz CT molecular complexity index is 655. The number of nitrogens with two attached hydrogens (primary N) is 1. The Hall–Kier alpha value is -2.02. The lowest BCUT2D eigenvalue weighted by atomic mass is 9.96. The van der Waals surface area contributed by atoms with Crippen molar-refractivity contribution >= 4 is 0 Å². The molecule has 2 aromatic carbocycles. The molecule has 0 saturated heterocycles. The Kier molecular flexibility index (Phi) is 4.19. The van der Waals surface area contributed by atoms with Crippen LogP contribution in [0.15, 0.2) is 42.5 Å². The second-order valence-corrected chi connectivity index (χ2v) is 4.66. The summed E-state index contributed by atoms with van der Waals surface area (Å²) in [5.74, 6) is 0. The first-order valence-electron chi connectivity index (χ1n) is 6.21. The summed E-state index contributed by atoms with van der Waals surface area (Å²) in [6.45, 7) is -0.0592. The predicted octanol–water partition coefficient (Wildman–Crippen LogP) is 4.85. The summed E-state index contributed by atoms with van der Waals surface area (Å²) in [6.07, 6.45) is -9.15. The Morgan fingerprint density at radius 2 is 1.36 bits per heavy atom. The van der Waals surface area contributed by atoms with Crippen LogP contribution in [0, 0.1) is 0 Å². The number of benzene rings is 2. The average molecular weight is 319 g/mol. The van der Waals surface area contributed by atoms with Crippen molar-refractivity contribution in [1.82, 2.24) is 0 Å². The zero-order valence-electron chi connectivity index (χ0n) is 11.1. The molecule has 118 valence electrons. The largest absolute Gasteiger partial charge is 0.417 e. The van der Waals surface area contributed by atoms with Gasteiger partial charge in [0.25, 0.3) is 0 Å². The van der Waals surface area contributed by atoms with Gasteiger partial charge in [0.1, 0.15) is 0 Å². The minimum atomic E-state index is -4.62. The predicted molar refractivity (Wildman–Crippen MR) is 69.8 cm³/mol. The SMILES string of the molecule is NCc1ccc(-c2ccc(C(F)(F)F)cc2)c(C(F)(F)F)c1. The molecule has 0 bridgehead atoms. The van der Waals surface area contributed by atoms with E-state index in [0.29, 0.717) is 5.56 Å². The van der Waals surface area contributed by atoms with E-state index in [4.69, 9.17) is 5.73 Å². The zero-order valence-corrected chi connectivity index (χ0v) is 11.1. The minimum absolute atomic E-state index is 0.0592. The van der Waals surface area contributed by atoms with Crippen LogP contribution in [0.4, 0.5) is 26.3 Å². The molecule has 22 heavy (non-hydrogen) atoms. The molecule has 0 aliphatic rings. The number of halogens is 6. The van der Waals surface area contributed by atoms with Crippen molar-refractivity contribution in [3.05, 3.63) is 59.2 Å². The van der Waals surface area contributed by atoms with Crippen molar-refractivity contribution in [1.29, 1.82) is 0 Å². The van der Waals surface area contributed by atoms with E-state index in [1.54, 1.807) is 0 Å². The molecule has 2 rings (SSSR count). The van der Waals surface area contributed by atoms with Gasteiger partial charge in [0.15, 0.2) is 0 Å². The van der Waals surface area contributed by atoms with E-state index in [2.05, 4.69) is 0 Å². The first-order valence-corrected chi connectivity index (χ1v) is 6.21. The first kappa shape index (κ1) is 16.4. The van der Waals surface area contributed by atoms with Gasteiger partial charge in [-0.1, -0.05) is 24.3 Å². The van der Waals surface area contributed by atoms with Gasteiger partial charge in [-0.2, -0.15) is 26.3 Å². The molecule has 0 heterocycles. The Morgan fingerprint density at radius 1 is 0.773 bits per heavy atom. The normalized spacial score (nSPS) is 12.5. The van der Waals surface area contributed by atoms with Crippen molar-refractivity contribution in [2.24, 2.45) is 5.73 Å². The Morgan fingerprint density at radius 3 is 1.82 bits per heavy atom. The van der Waals surface area contributed by atoms with Gasteiger partial charge in [-0.3, -0.25) is 0 Å². The van der Waals surface area contributed by atoms with Crippen LogP contribution in [-0.4, -0.2) is 0 Å². The molecule has 0 unspecified atom stereocenters. The first-order chi connectivity index (χ1) is 10.1. The molecule has 0 aromatic heterocycles. The fraction of sp³-hybridized carbons (Fsp3) is 0.200. The van der Waals surface area contributed by atoms with E-state index in [1.165, 1.54) is 12.1 Å². The number of hydrogen-bond acceptors (Lipinski definition) is 1. The average Bonchev–Trinajstić information content (AvgIpc) is 2.45. The van der Waals surface area contributed by atoms with Gasteiger partial charge in [-0.15, -0.1) is 0 Å². The summed E-state index contributed by atoms with van der Waals surface area (Å²) < 4.78 is 76.8. The van der Waals surface area contributed by atoms with Crippen molar-refractivity contribution < 1.29 is 26.3 Å². The molecule has 2 N–H and O–H groups in total. The molecule has 0 aliphatic heterocycles. The highest BCUT2D eigenvalue weighted by Gasteiger charge is 2.34. The van der Waals surface area contributed by atoms with E-state index < -0.39 is 23.5 Å². The highest BCUT2D eigenvalue weighted by Crippen LogP contribution is 2.38. The molecule has 0 aliphatic carbocycles. The maximum Gasteiger partial charge on any atom is 0.417 e. The smallest absolute Gasteiger partial charge is 0.326 e. The van der Waals surface area contributed by atoms with E-state index in [1.807, 2.05) is 0 Å². The highest BCUT2D eigenvalue weighted by molar-refractivity contribution is 5.69. The summed E-state index contributed by atoms with van der Waals surface area (Å²) in [5.41, 5.74) is 3.66. The monoisotopic (exact) mass is 319 g/mol.